The van der Waals surface area contributed by atoms with Gasteiger partial charge in [0.05, 0.1) is 10.6 Å². The first-order valence-electron chi connectivity index (χ1n) is 7.60. The van der Waals surface area contributed by atoms with Crippen molar-refractivity contribution in [2.24, 2.45) is 0 Å². The van der Waals surface area contributed by atoms with Crippen LogP contribution in [0.15, 0.2) is 33.7 Å². The van der Waals surface area contributed by atoms with Crippen LogP contribution in [0, 0.1) is 6.92 Å². The van der Waals surface area contributed by atoms with Crippen molar-refractivity contribution in [2.75, 3.05) is 7.05 Å². The van der Waals surface area contributed by atoms with Gasteiger partial charge in [0, 0.05) is 18.2 Å². The summed E-state index contributed by atoms with van der Waals surface area (Å²) in [6.45, 7) is 6.56. The molecule has 126 valence electrons. The maximum absolute atomic E-state index is 11.9. The first-order chi connectivity index (χ1) is 10.9. The number of nitrogens with one attached hydrogen (secondary N) is 2. The highest BCUT2D eigenvalue weighted by Gasteiger charge is 2.15. The molecule has 0 radical (unpaired) electrons. The molecule has 0 bridgehead atoms. The zero-order valence-corrected chi connectivity index (χ0v) is 14.7. The van der Waals surface area contributed by atoms with E-state index in [4.69, 9.17) is 4.52 Å². The van der Waals surface area contributed by atoms with Crippen LogP contribution in [0.3, 0.4) is 0 Å². The summed E-state index contributed by atoms with van der Waals surface area (Å²) in [7, 11) is -2.03. The number of aryl methyl sites for hydroxylation is 2. The fourth-order valence-corrected chi connectivity index (χ4v) is 3.17. The maximum Gasteiger partial charge on any atom is 0.240 e. The minimum atomic E-state index is -3.43. The highest BCUT2D eigenvalue weighted by Crippen LogP contribution is 2.19. The van der Waals surface area contributed by atoms with Crippen LogP contribution in [0.4, 0.5) is 0 Å². The van der Waals surface area contributed by atoms with Crippen molar-refractivity contribution < 1.29 is 12.9 Å². The molecule has 0 amide bonds. The lowest BCUT2D eigenvalue weighted by Gasteiger charge is -2.15. The number of benzene rings is 1. The molecule has 6 nitrogen and oxygen atoms in total. The summed E-state index contributed by atoms with van der Waals surface area (Å²) >= 11 is 0. The molecule has 1 atom stereocenters. The molecule has 0 spiro atoms. The van der Waals surface area contributed by atoms with E-state index in [9.17, 15) is 8.42 Å². The molecule has 23 heavy (non-hydrogen) atoms. The maximum atomic E-state index is 11.9. The lowest BCUT2D eigenvalue weighted by Crippen LogP contribution is -2.21. The Hall–Kier alpha value is -1.70. The highest BCUT2D eigenvalue weighted by molar-refractivity contribution is 7.89. The summed E-state index contributed by atoms with van der Waals surface area (Å²) in [5.41, 5.74) is 2.93. The van der Waals surface area contributed by atoms with Gasteiger partial charge in [0.25, 0.3) is 0 Å². The summed E-state index contributed by atoms with van der Waals surface area (Å²) in [5.74, 6) is 0.813. The standard InChI is InChI=1S/C16H23N3O3S/c1-5-16-15(12(3)22-19-16)10-18-11(2)13-7-6-8-14(9-13)23(20,21)17-4/h6-9,11,17-18H,5,10H2,1-4H3/t11-/m0/s1. The van der Waals surface area contributed by atoms with Crippen molar-refractivity contribution in [2.45, 2.75) is 44.7 Å². The van der Waals surface area contributed by atoms with Gasteiger partial charge in [-0.05, 0) is 45.0 Å². The third kappa shape index (κ3) is 3.99. The topological polar surface area (TPSA) is 84.2 Å². The quantitative estimate of drug-likeness (QED) is 0.810. The molecule has 2 aromatic rings. The Labute approximate surface area is 137 Å². The number of aromatic nitrogens is 1. The van der Waals surface area contributed by atoms with Gasteiger partial charge in [-0.15, -0.1) is 0 Å². The number of sulfonamides is 1. The third-order valence-corrected chi connectivity index (χ3v) is 5.34. The van der Waals surface area contributed by atoms with E-state index in [0.717, 1.165) is 29.0 Å². The van der Waals surface area contributed by atoms with Gasteiger partial charge in [0.1, 0.15) is 5.76 Å². The summed E-state index contributed by atoms with van der Waals surface area (Å²) in [4.78, 5) is 0.265. The van der Waals surface area contributed by atoms with Crippen LogP contribution in [0.1, 0.15) is 42.5 Å². The van der Waals surface area contributed by atoms with Crippen LogP contribution in [-0.4, -0.2) is 20.6 Å². The second-order valence-corrected chi connectivity index (χ2v) is 7.29. The van der Waals surface area contributed by atoms with Crippen LogP contribution in [0.2, 0.25) is 0 Å². The Morgan fingerprint density at radius 3 is 2.74 bits per heavy atom. The van der Waals surface area contributed by atoms with Crippen molar-refractivity contribution in [3.63, 3.8) is 0 Å². The predicted molar refractivity (Wildman–Crippen MR) is 88.6 cm³/mol. The van der Waals surface area contributed by atoms with Crippen LogP contribution >= 0.6 is 0 Å². The Morgan fingerprint density at radius 2 is 2.09 bits per heavy atom. The first kappa shape index (κ1) is 17.7. The molecule has 1 aromatic carbocycles. The van der Waals surface area contributed by atoms with E-state index in [2.05, 4.69) is 15.2 Å². The monoisotopic (exact) mass is 337 g/mol. The van der Waals surface area contributed by atoms with Crippen LogP contribution in [0.5, 0.6) is 0 Å². The molecule has 1 aromatic heterocycles. The van der Waals surface area contributed by atoms with E-state index in [1.165, 1.54) is 7.05 Å². The second-order valence-electron chi connectivity index (χ2n) is 5.40. The molecule has 0 unspecified atom stereocenters. The average molecular weight is 337 g/mol. The molecule has 0 aliphatic rings. The fraction of sp³-hybridized carbons (Fsp3) is 0.438. The van der Waals surface area contributed by atoms with E-state index in [1.807, 2.05) is 26.8 Å². The molecule has 2 rings (SSSR count). The molecule has 0 aliphatic carbocycles. The van der Waals surface area contributed by atoms with E-state index in [0.29, 0.717) is 6.54 Å². The normalized spacial score (nSPS) is 13.2. The SMILES string of the molecule is CCc1noc(C)c1CN[C@@H](C)c1cccc(S(=O)(=O)NC)c1. The smallest absolute Gasteiger partial charge is 0.240 e. The van der Waals surface area contributed by atoms with Crippen LogP contribution < -0.4 is 10.0 Å². The zero-order chi connectivity index (χ0) is 17.0. The van der Waals surface area contributed by atoms with Gasteiger partial charge >= 0.3 is 0 Å². The number of nitrogens with zero attached hydrogens (tertiary/aromatic N) is 1. The van der Waals surface area contributed by atoms with Gasteiger partial charge in [0.15, 0.2) is 0 Å². The Bertz CT molecular complexity index is 769. The van der Waals surface area contributed by atoms with Crippen molar-refractivity contribution in [1.29, 1.82) is 0 Å². The molecule has 0 aliphatic heterocycles. The minimum absolute atomic E-state index is 0.000937. The van der Waals surface area contributed by atoms with Gasteiger partial charge in [0.2, 0.25) is 10.0 Å². The molecule has 1 heterocycles. The number of hydrogen-bond acceptors (Lipinski definition) is 5. The molecule has 0 saturated heterocycles. The summed E-state index contributed by atoms with van der Waals surface area (Å²) in [6, 6.07) is 6.93. The van der Waals surface area contributed by atoms with Crippen molar-refractivity contribution in [3.05, 3.63) is 46.8 Å². The van der Waals surface area contributed by atoms with Crippen LogP contribution in [0.25, 0.3) is 0 Å². The van der Waals surface area contributed by atoms with Gasteiger partial charge in [-0.25, -0.2) is 13.1 Å². The Morgan fingerprint density at radius 1 is 1.35 bits per heavy atom. The molecule has 0 fully saturated rings. The van der Waals surface area contributed by atoms with Crippen LogP contribution in [-0.2, 0) is 23.0 Å². The molecule has 0 saturated carbocycles. The second kappa shape index (κ2) is 7.25. The molecular formula is C16H23N3O3S. The molecule has 2 N–H and O–H groups in total. The lowest BCUT2D eigenvalue weighted by molar-refractivity contribution is 0.389. The Kier molecular flexibility index (Phi) is 5.56. The lowest BCUT2D eigenvalue weighted by atomic mass is 10.1. The number of hydrogen-bond donors (Lipinski definition) is 2. The Balaban J connectivity index is 2.14. The van der Waals surface area contributed by atoms with Crippen molar-refractivity contribution >= 4 is 10.0 Å². The van der Waals surface area contributed by atoms with E-state index < -0.39 is 10.0 Å². The molecule has 7 heteroatoms. The average Bonchev–Trinajstić information content (AvgIpc) is 2.92. The largest absolute Gasteiger partial charge is 0.361 e. The van der Waals surface area contributed by atoms with Gasteiger partial charge in [-0.2, -0.15) is 0 Å². The van der Waals surface area contributed by atoms with Crippen molar-refractivity contribution in [3.8, 4) is 0 Å². The predicted octanol–water partition coefficient (Wildman–Crippen LogP) is 2.30. The van der Waals surface area contributed by atoms with Gasteiger partial charge in [-0.3, -0.25) is 0 Å². The van der Waals surface area contributed by atoms with Gasteiger partial charge < -0.3 is 9.84 Å². The summed E-state index contributed by atoms with van der Waals surface area (Å²) < 4.78 is 31.3. The highest BCUT2D eigenvalue weighted by atomic mass is 32.2. The van der Waals surface area contributed by atoms with E-state index in [-0.39, 0.29) is 10.9 Å². The van der Waals surface area contributed by atoms with E-state index >= 15 is 0 Å². The number of rotatable bonds is 7. The first-order valence-corrected chi connectivity index (χ1v) is 9.08. The zero-order valence-electron chi connectivity index (χ0n) is 13.9. The van der Waals surface area contributed by atoms with E-state index in [1.54, 1.807) is 18.2 Å². The fourth-order valence-electron chi connectivity index (χ4n) is 2.38. The molecular weight excluding hydrogens is 314 g/mol. The van der Waals surface area contributed by atoms with Gasteiger partial charge in [-0.1, -0.05) is 24.2 Å². The third-order valence-electron chi connectivity index (χ3n) is 3.92. The minimum Gasteiger partial charge on any atom is -0.361 e. The summed E-state index contributed by atoms with van der Waals surface area (Å²) in [5, 5.41) is 7.44. The summed E-state index contributed by atoms with van der Waals surface area (Å²) in [6.07, 6.45) is 0.818. The van der Waals surface area contributed by atoms with Crippen molar-refractivity contribution in [1.82, 2.24) is 15.2 Å².